The van der Waals surface area contributed by atoms with E-state index in [0.29, 0.717) is 33.7 Å². The first-order valence-corrected chi connectivity index (χ1v) is 12.5. The topological polar surface area (TPSA) is 98.6 Å². The van der Waals surface area contributed by atoms with Crippen molar-refractivity contribution in [2.45, 2.75) is 45.4 Å². The molecule has 0 spiro atoms. The van der Waals surface area contributed by atoms with Crippen LogP contribution in [0.15, 0.2) is 66.7 Å². The average Bonchev–Trinajstić information content (AvgIpc) is 3.30. The monoisotopic (exact) mass is 533 g/mol. The van der Waals surface area contributed by atoms with Crippen LogP contribution in [-0.2, 0) is 22.7 Å². The summed E-state index contributed by atoms with van der Waals surface area (Å²) in [6.07, 6.45) is 0. The van der Waals surface area contributed by atoms with Gasteiger partial charge in [-0.15, -0.1) is 5.10 Å². The van der Waals surface area contributed by atoms with Crippen molar-refractivity contribution in [2.24, 2.45) is 0 Å². The Labute approximate surface area is 226 Å². The molecule has 0 aliphatic rings. The maximum atomic E-state index is 14.1. The third kappa shape index (κ3) is 6.34. The van der Waals surface area contributed by atoms with E-state index in [1.165, 1.54) is 35.9 Å². The van der Waals surface area contributed by atoms with E-state index in [1.54, 1.807) is 36.4 Å². The van der Waals surface area contributed by atoms with Crippen molar-refractivity contribution in [3.63, 3.8) is 0 Å². The van der Waals surface area contributed by atoms with Crippen molar-refractivity contribution in [1.82, 2.24) is 25.2 Å². The van der Waals surface area contributed by atoms with Gasteiger partial charge in [-0.3, -0.25) is 9.59 Å². The third-order valence-electron chi connectivity index (χ3n) is 6.08. The number of hydrogen-bond acceptors (Lipinski definition) is 6. The van der Waals surface area contributed by atoms with Gasteiger partial charge in [0.15, 0.2) is 11.5 Å². The number of carbonyl (C=O) groups excluding carboxylic acids is 2. The minimum Gasteiger partial charge on any atom is -0.493 e. The summed E-state index contributed by atoms with van der Waals surface area (Å²) in [5.74, 6) is -0.457. The van der Waals surface area contributed by atoms with Crippen molar-refractivity contribution in [2.75, 3.05) is 14.2 Å². The van der Waals surface area contributed by atoms with Crippen molar-refractivity contribution in [1.29, 1.82) is 0 Å². The predicted octanol–water partition coefficient (Wildman–Crippen LogP) is 4.27. The fourth-order valence-electron chi connectivity index (χ4n) is 4.38. The van der Waals surface area contributed by atoms with Gasteiger partial charge >= 0.3 is 0 Å². The van der Waals surface area contributed by atoms with Gasteiger partial charge in [-0.2, -0.15) is 0 Å². The van der Waals surface area contributed by atoms with Crippen molar-refractivity contribution in [3.05, 3.63) is 83.7 Å². The fraction of sp³-hybridized carbons (Fsp3) is 0.310. The molecular formula is C29H32FN5O4. The van der Waals surface area contributed by atoms with E-state index in [2.05, 4.69) is 15.6 Å². The second-order valence-electron chi connectivity index (χ2n) is 10.1. The van der Waals surface area contributed by atoms with E-state index in [4.69, 9.17) is 9.47 Å². The molecular weight excluding hydrogens is 501 g/mol. The first-order valence-electron chi connectivity index (χ1n) is 12.5. The minimum absolute atomic E-state index is 0.0222. The quantitative estimate of drug-likeness (QED) is 0.345. The molecule has 2 amide bonds. The number of carbonyl (C=O) groups is 2. The molecule has 0 saturated carbocycles. The highest BCUT2D eigenvalue weighted by atomic mass is 19.1. The second-order valence-corrected chi connectivity index (χ2v) is 10.1. The highest BCUT2D eigenvalue weighted by Gasteiger charge is 2.36. The molecule has 3 aromatic carbocycles. The van der Waals surface area contributed by atoms with Gasteiger partial charge < -0.3 is 19.7 Å². The number of nitrogens with one attached hydrogen (secondary N) is 1. The summed E-state index contributed by atoms with van der Waals surface area (Å²) in [5, 5.41) is 11.3. The van der Waals surface area contributed by atoms with Crippen molar-refractivity contribution < 1.29 is 23.5 Å². The zero-order chi connectivity index (χ0) is 28.2. The smallest absolute Gasteiger partial charge is 0.248 e. The standard InChI is InChI=1S/C29H32FN5O4/c1-29(2,3)31-28(37)26(21-9-8-12-24(38-4)27(21)39-5)34(17-19-13-15-20(30)16-14-19)25(36)18-35-23-11-7-6-10-22(23)32-33-35/h6-16,26H,17-18H2,1-5H3,(H,31,37)/t26-/m1/s1. The van der Waals surface area contributed by atoms with Crippen LogP contribution in [0.2, 0.25) is 0 Å². The molecule has 1 aromatic heterocycles. The number of aromatic nitrogens is 3. The summed E-state index contributed by atoms with van der Waals surface area (Å²) in [6.45, 7) is 5.43. The maximum Gasteiger partial charge on any atom is 0.248 e. The lowest BCUT2D eigenvalue weighted by Crippen LogP contribution is -2.49. The lowest BCUT2D eigenvalue weighted by Gasteiger charge is -2.34. The van der Waals surface area contributed by atoms with Gasteiger partial charge in [-0.1, -0.05) is 41.6 Å². The van der Waals surface area contributed by atoms with Crippen LogP contribution in [0, 0.1) is 5.82 Å². The Bertz CT molecular complexity index is 1460. The fourth-order valence-corrected chi connectivity index (χ4v) is 4.38. The summed E-state index contributed by atoms with van der Waals surface area (Å²) in [6, 6.07) is 17.2. The summed E-state index contributed by atoms with van der Waals surface area (Å²) < 4.78 is 26.4. The van der Waals surface area contributed by atoms with Crippen LogP contribution in [0.3, 0.4) is 0 Å². The largest absolute Gasteiger partial charge is 0.493 e. The molecule has 0 radical (unpaired) electrons. The lowest BCUT2D eigenvalue weighted by molar-refractivity contribution is -0.142. The Hall–Kier alpha value is -4.47. The van der Waals surface area contributed by atoms with Gasteiger partial charge in [0.1, 0.15) is 23.9 Å². The molecule has 0 fully saturated rings. The molecule has 0 bridgehead atoms. The molecule has 4 rings (SSSR count). The summed E-state index contributed by atoms with van der Waals surface area (Å²) in [7, 11) is 2.98. The Morgan fingerprint density at radius 2 is 1.72 bits per heavy atom. The van der Waals surface area contributed by atoms with Crippen molar-refractivity contribution >= 4 is 22.8 Å². The first kappa shape index (κ1) is 27.6. The molecule has 204 valence electrons. The van der Waals surface area contributed by atoms with Gasteiger partial charge in [0.2, 0.25) is 11.8 Å². The summed E-state index contributed by atoms with van der Waals surface area (Å²) in [4.78, 5) is 29.5. The zero-order valence-electron chi connectivity index (χ0n) is 22.6. The number of para-hydroxylation sites is 2. The molecule has 4 aromatic rings. The molecule has 0 saturated heterocycles. The number of fused-ring (bicyclic) bond motifs is 1. The number of rotatable bonds is 9. The minimum atomic E-state index is -1.11. The van der Waals surface area contributed by atoms with E-state index < -0.39 is 29.2 Å². The Balaban J connectivity index is 1.84. The van der Waals surface area contributed by atoms with Gasteiger partial charge in [0.25, 0.3) is 0 Å². The van der Waals surface area contributed by atoms with E-state index in [1.807, 2.05) is 39.0 Å². The van der Waals surface area contributed by atoms with E-state index in [0.717, 1.165) is 0 Å². The zero-order valence-corrected chi connectivity index (χ0v) is 22.6. The van der Waals surface area contributed by atoms with Gasteiger partial charge in [-0.25, -0.2) is 9.07 Å². The van der Waals surface area contributed by atoms with Crippen LogP contribution in [0.1, 0.15) is 37.9 Å². The third-order valence-corrected chi connectivity index (χ3v) is 6.08. The SMILES string of the molecule is COc1cccc([C@H](C(=O)NC(C)(C)C)N(Cc2ccc(F)cc2)C(=O)Cn2nnc3ccccc32)c1OC. The number of amides is 2. The molecule has 1 atom stereocenters. The Morgan fingerprint density at radius 1 is 1.00 bits per heavy atom. The molecule has 1 N–H and O–H groups in total. The molecule has 9 nitrogen and oxygen atoms in total. The van der Waals surface area contributed by atoms with Crippen molar-refractivity contribution in [3.8, 4) is 11.5 Å². The van der Waals surface area contributed by atoms with Gasteiger partial charge in [0.05, 0.1) is 19.7 Å². The first-order chi connectivity index (χ1) is 18.6. The Morgan fingerprint density at radius 3 is 2.38 bits per heavy atom. The maximum absolute atomic E-state index is 14.1. The van der Waals surface area contributed by atoms with E-state index >= 15 is 0 Å². The summed E-state index contributed by atoms with van der Waals surface area (Å²) in [5.41, 5.74) is 1.82. The normalized spacial score (nSPS) is 12.2. The molecule has 39 heavy (non-hydrogen) atoms. The molecule has 10 heteroatoms. The lowest BCUT2D eigenvalue weighted by atomic mass is 9.99. The van der Waals surface area contributed by atoms with E-state index in [9.17, 15) is 14.0 Å². The van der Waals surface area contributed by atoms with Gasteiger partial charge in [-0.05, 0) is 56.7 Å². The average molecular weight is 534 g/mol. The number of benzene rings is 3. The van der Waals surface area contributed by atoms with Crippen LogP contribution in [-0.4, -0.2) is 51.5 Å². The second kappa shape index (κ2) is 11.5. The van der Waals surface area contributed by atoms with Crippen LogP contribution in [0.4, 0.5) is 4.39 Å². The highest BCUT2D eigenvalue weighted by molar-refractivity contribution is 5.90. The number of hydrogen-bond donors (Lipinski definition) is 1. The van der Waals surface area contributed by atoms with Crippen LogP contribution >= 0.6 is 0 Å². The van der Waals surface area contributed by atoms with Crippen LogP contribution < -0.4 is 14.8 Å². The number of nitrogens with zero attached hydrogens (tertiary/aromatic N) is 4. The number of halogens is 1. The predicted molar refractivity (Wildman–Crippen MR) is 145 cm³/mol. The number of ether oxygens (including phenoxy) is 2. The molecule has 1 heterocycles. The molecule has 0 unspecified atom stereocenters. The Kier molecular flexibility index (Phi) is 8.13. The summed E-state index contributed by atoms with van der Waals surface area (Å²) >= 11 is 0. The van der Waals surface area contributed by atoms with Crippen LogP contribution in [0.25, 0.3) is 11.0 Å². The van der Waals surface area contributed by atoms with Crippen LogP contribution in [0.5, 0.6) is 11.5 Å². The molecule has 0 aliphatic carbocycles. The number of methoxy groups -OCH3 is 2. The highest BCUT2D eigenvalue weighted by Crippen LogP contribution is 2.38. The van der Waals surface area contributed by atoms with E-state index in [-0.39, 0.29) is 13.1 Å². The molecule has 0 aliphatic heterocycles. The van der Waals surface area contributed by atoms with Gasteiger partial charge in [0, 0.05) is 17.6 Å².